The molecule has 0 atom stereocenters. The van der Waals surface area contributed by atoms with Crippen molar-refractivity contribution in [2.75, 3.05) is 0 Å². The van der Waals surface area contributed by atoms with Gasteiger partial charge >= 0.3 is 17.9 Å². The predicted molar refractivity (Wildman–Crippen MR) is 91.4 cm³/mol. The van der Waals surface area contributed by atoms with E-state index < -0.39 is 23.3 Å². The van der Waals surface area contributed by atoms with E-state index in [9.17, 15) is 14.4 Å². The van der Waals surface area contributed by atoms with Crippen molar-refractivity contribution < 1.29 is 29.7 Å². The molecular formula is C19H25O6. The fraction of sp³-hybridized carbons (Fsp3) is 0.526. The highest BCUT2D eigenvalue weighted by Gasteiger charge is 2.31. The van der Waals surface area contributed by atoms with Gasteiger partial charge in [-0.3, -0.25) is 14.4 Å². The van der Waals surface area contributed by atoms with Crippen LogP contribution in [-0.2, 0) is 19.8 Å². The topological polar surface area (TPSA) is 112 Å². The van der Waals surface area contributed by atoms with Gasteiger partial charge in [0.15, 0.2) is 0 Å². The first kappa shape index (κ1) is 20.7. The summed E-state index contributed by atoms with van der Waals surface area (Å²) in [5.41, 5.74) is 0.586. The summed E-state index contributed by atoms with van der Waals surface area (Å²) in [5.74, 6) is -2.61. The second-order valence-electron chi connectivity index (χ2n) is 6.31. The van der Waals surface area contributed by atoms with Gasteiger partial charge in [-0.25, -0.2) is 0 Å². The first-order chi connectivity index (χ1) is 11.9. The van der Waals surface area contributed by atoms with Gasteiger partial charge in [0.05, 0.1) is 0 Å². The third-order valence-electron chi connectivity index (χ3n) is 4.47. The van der Waals surface area contributed by atoms with Crippen molar-refractivity contribution >= 4 is 17.9 Å². The van der Waals surface area contributed by atoms with Gasteiger partial charge in [-0.2, -0.15) is 0 Å². The van der Waals surface area contributed by atoms with E-state index in [1.54, 1.807) is 12.1 Å². The van der Waals surface area contributed by atoms with Gasteiger partial charge < -0.3 is 15.3 Å². The number of hydrogen-bond donors (Lipinski definition) is 3. The van der Waals surface area contributed by atoms with E-state index in [1.165, 1.54) is 0 Å². The monoisotopic (exact) mass is 349 g/mol. The second-order valence-corrected chi connectivity index (χ2v) is 6.31. The number of carboxylic acid groups (broad SMARTS) is 3. The summed E-state index contributed by atoms with van der Waals surface area (Å²) in [4.78, 5) is 32.6. The Morgan fingerprint density at radius 3 is 1.44 bits per heavy atom. The average Bonchev–Trinajstić information content (AvgIpc) is 2.54. The molecule has 0 saturated heterocycles. The highest BCUT2D eigenvalue weighted by atomic mass is 16.4. The Morgan fingerprint density at radius 1 is 0.760 bits per heavy atom. The zero-order valence-electron chi connectivity index (χ0n) is 14.2. The zero-order valence-corrected chi connectivity index (χ0v) is 14.2. The standard InChI is InChI=1S/C19H25O6/c20-16(21)9-4-12-19(13-5-10-17(22)23,14-6-11-18(24)25)15-7-2-1-3-8-15/h2-3,7-8H,4-6,9-14H2,(H,20,21)(H,22,23)(H,24,25). The van der Waals surface area contributed by atoms with Crippen molar-refractivity contribution in [3.05, 3.63) is 35.9 Å². The molecule has 25 heavy (non-hydrogen) atoms. The van der Waals surface area contributed by atoms with Crippen LogP contribution in [0.1, 0.15) is 63.4 Å². The Morgan fingerprint density at radius 2 is 1.12 bits per heavy atom. The summed E-state index contributed by atoms with van der Waals surface area (Å²) in [6, 6.07) is 10.3. The van der Waals surface area contributed by atoms with Gasteiger partial charge in [0.2, 0.25) is 0 Å². The van der Waals surface area contributed by atoms with Crippen molar-refractivity contribution in [2.45, 2.75) is 63.2 Å². The maximum atomic E-state index is 10.9. The molecule has 1 aromatic carbocycles. The molecule has 0 amide bonds. The normalized spacial score (nSPS) is 11.2. The third-order valence-corrected chi connectivity index (χ3v) is 4.47. The highest BCUT2D eigenvalue weighted by Crippen LogP contribution is 2.40. The molecule has 1 radical (unpaired) electrons. The first-order valence-electron chi connectivity index (χ1n) is 8.48. The average molecular weight is 349 g/mol. The molecule has 6 heteroatoms. The van der Waals surface area contributed by atoms with Gasteiger partial charge in [-0.15, -0.1) is 0 Å². The minimum Gasteiger partial charge on any atom is -0.481 e. The van der Waals surface area contributed by atoms with Crippen molar-refractivity contribution in [3.63, 3.8) is 0 Å². The molecule has 137 valence electrons. The SMILES string of the molecule is O=C(O)CCCC(CCCC(=O)O)(CCCC(=O)O)c1cc[c]cc1. The maximum Gasteiger partial charge on any atom is 0.303 e. The Balaban J connectivity index is 2.98. The van der Waals surface area contributed by atoms with E-state index in [4.69, 9.17) is 15.3 Å². The Kier molecular flexibility index (Phi) is 8.67. The van der Waals surface area contributed by atoms with Gasteiger partial charge in [0, 0.05) is 19.3 Å². The van der Waals surface area contributed by atoms with Crippen LogP contribution in [-0.4, -0.2) is 33.2 Å². The van der Waals surface area contributed by atoms with Gasteiger partial charge in [0.25, 0.3) is 0 Å². The quantitative estimate of drug-likeness (QED) is 0.502. The molecule has 6 nitrogen and oxygen atoms in total. The van der Waals surface area contributed by atoms with Gasteiger partial charge in [0.1, 0.15) is 0 Å². The van der Waals surface area contributed by atoms with E-state index in [0.717, 1.165) is 5.56 Å². The smallest absolute Gasteiger partial charge is 0.303 e. The third kappa shape index (κ3) is 7.83. The summed E-state index contributed by atoms with van der Waals surface area (Å²) < 4.78 is 0. The van der Waals surface area contributed by atoms with E-state index in [1.807, 2.05) is 12.1 Å². The zero-order chi connectivity index (χ0) is 18.7. The first-order valence-corrected chi connectivity index (χ1v) is 8.48. The number of rotatable bonds is 13. The lowest BCUT2D eigenvalue weighted by Crippen LogP contribution is -2.27. The Labute approximate surface area is 147 Å². The molecule has 1 rings (SSSR count). The lowest BCUT2D eigenvalue weighted by Gasteiger charge is -2.35. The van der Waals surface area contributed by atoms with Crippen LogP contribution in [0, 0.1) is 6.07 Å². The molecule has 0 saturated carbocycles. The lowest BCUT2D eigenvalue weighted by atomic mass is 9.69. The van der Waals surface area contributed by atoms with Crippen LogP contribution in [0.3, 0.4) is 0 Å². The minimum atomic E-state index is -0.869. The van der Waals surface area contributed by atoms with Crippen molar-refractivity contribution in [1.82, 2.24) is 0 Å². The van der Waals surface area contributed by atoms with Crippen LogP contribution in [0.4, 0.5) is 0 Å². The summed E-state index contributed by atoms with van der Waals surface area (Å²) in [7, 11) is 0. The molecule has 0 aliphatic carbocycles. The van der Waals surface area contributed by atoms with Crippen LogP contribution in [0.15, 0.2) is 24.3 Å². The molecular weight excluding hydrogens is 324 g/mol. The predicted octanol–water partition coefficient (Wildman–Crippen LogP) is 3.49. The van der Waals surface area contributed by atoms with E-state index in [-0.39, 0.29) is 19.3 Å². The molecule has 0 fully saturated rings. The Hall–Kier alpha value is -2.37. The van der Waals surface area contributed by atoms with Gasteiger partial charge in [-0.05, 0) is 55.6 Å². The van der Waals surface area contributed by atoms with Crippen LogP contribution in [0.25, 0.3) is 0 Å². The fourth-order valence-corrected chi connectivity index (χ4v) is 3.28. The van der Waals surface area contributed by atoms with Crippen molar-refractivity contribution in [3.8, 4) is 0 Å². The summed E-state index contributed by atoms with van der Waals surface area (Å²) in [5, 5.41) is 26.8. The molecule has 0 aromatic heterocycles. The van der Waals surface area contributed by atoms with Crippen LogP contribution in [0.2, 0.25) is 0 Å². The van der Waals surface area contributed by atoms with Crippen LogP contribution < -0.4 is 0 Å². The Bertz CT molecular complexity index is 516. The number of aliphatic carboxylic acids is 3. The molecule has 0 aliphatic heterocycles. The number of benzene rings is 1. The second kappa shape index (κ2) is 10.5. The molecule has 0 bridgehead atoms. The molecule has 3 N–H and O–H groups in total. The molecule has 0 heterocycles. The highest BCUT2D eigenvalue weighted by molar-refractivity contribution is 5.67. The summed E-state index contributed by atoms with van der Waals surface area (Å²) >= 11 is 0. The van der Waals surface area contributed by atoms with Crippen molar-refractivity contribution in [1.29, 1.82) is 0 Å². The lowest BCUT2D eigenvalue weighted by molar-refractivity contribution is -0.138. The van der Waals surface area contributed by atoms with Gasteiger partial charge in [-0.1, -0.05) is 24.3 Å². The van der Waals surface area contributed by atoms with Crippen LogP contribution in [0.5, 0.6) is 0 Å². The largest absolute Gasteiger partial charge is 0.481 e. The van der Waals surface area contributed by atoms with E-state index >= 15 is 0 Å². The van der Waals surface area contributed by atoms with E-state index in [2.05, 4.69) is 6.07 Å². The number of hydrogen-bond acceptors (Lipinski definition) is 3. The molecule has 0 aliphatic rings. The summed E-state index contributed by atoms with van der Waals surface area (Å²) in [6.07, 6.45) is 3.28. The molecule has 0 unspecified atom stereocenters. The molecule has 1 aromatic rings. The number of carboxylic acids is 3. The minimum absolute atomic E-state index is 0.0402. The van der Waals surface area contributed by atoms with Crippen molar-refractivity contribution in [2.24, 2.45) is 0 Å². The number of carbonyl (C=O) groups is 3. The maximum absolute atomic E-state index is 10.9. The van der Waals surface area contributed by atoms with Crippen LogP contribution >= 0.6 is 0 Å². The summed E-state index contributed by atoms with van der Waals surface area (Å²) in [6.45, 7) is 0. The van der Waals surface area contributed by atoms with E-state index in [0.29, 0.717) is 38.5 Å². The molecule has 0 spiro atoms. The fourth-order valence-electron chi connectivity index (χ4n) is 3.28.